The van der Waals surface area contributed by atoms with Crippen molar-refractivity contribution in [1.82, 2.24) is 4.90 Å². The Morgan fingerprint density at radius 1 is 0.889 bits per heavy atom. The smallest absolute Gasteiger partial charge is 0.173 e. The second kappa shape index (κ2) is 9.74. The van der Waals surface area contributed by atoms with Gasteiger partial charge in [-0.3, -0.25) is 0 Å². The Bertz CT molecular complexity index is 853. The van der Waals surface area contributed by atoms with Crippen LogP contribution in [-0.2, 0) is 13.0 Å². The second-order valence-electron chi connectivity index (χ2n) is 6.30. The van der Waals surface area contributed by atoms with Crippen LogP contribution in [0.5, 0.6) is 5.75 Å². The van der Waals surface area contributed by atoms with Crippen LogP contribution in [0.4, 0.5) is 5.69 Å². The lowest BCUT2D eigenvalue weighted by atomic mass is 10.1. The number of nitrogens with one attached hydrogen (secondary N) is 1. The molecule has 0 radical (unpaired) electrons. The third-order valence-corrected chi connectivity index (χ3v) is 4.70. The number of methoxy groups -OCH3 is 1. The lowest BCUT2D eigenvalue weighted by Crippen LogP contribution is -2.35. The van der Waals surface area contributed by atoms with E-state index in [0.717, 1.165) is 30.9 Å². The maximum absolute atomic E-state index is 5.73. The molecule has 1 N–H and O–H groups in total. The predicted molar refractivity (Wildman–Crippen MR) is 116 cm³/mol. The van der Waals surface area contributed by atoms with E-state index in [2.05, 4.69) is 58.7 Å². The van der Waals surface area contributed by atoms with Crippen LogP contribution < -0.4 is 10.1 Å². The highest BCUT2D eigenvalue weighted by atomic mass is 32.1. The molecular formula is C23H24N2OS. The molecule has 3 nitrogen and oxygen atoms in total. The fourth-order valence-corrected chi connectivity index (χ4v) is 3.14. The van der Waals surface area contributed by atoms with Crippen molar-refractivity contribution >= 4 is 23.0 Å². The molecule has 138 valence electrons. The van der Waals surface area contributed by atoms with Crippen molar-refractivity contribution in [1.29, 1.82) is 0 Å². The monoisotopic (exact) mass is 376 g/mol. The van der Waals surface area contributed by atoms with E-state index in [1.807, 2.05) is 36.4 Å². The molecule has 0 unspecified atom stereocenters. The van der Waals surface area contributed by atoms with Gasteiger partial charge in [-0.25, -0.2) is 0 Å². The molecular weight excluding hydrogens is 352 g/mol. The fraction of sp³-hybridized carbons (Fsp3) is 0.174. The van der Waals surface area contributed by atoms with Gasteiger partial charge in [0.05, 0.1) is 7.11 Å². The van der Waals surface area contributed by atoms with Gasteiger partial charge in [-0.1, -0.05) is 66.7 Å². The summed E-state index contributed by atoms with van der Waals surface area (Å²) in [7, 11) is 1.67. The molecule has 0 spiro atoms. The molecule has 0 amide bonds. The molecule has 3 aromatic carbocycles. The minimum atomic E-state index is 0.711. The van der Waals surface area contributed by atoms with E-state index < -0.39 is 0 Å². The molecule has 0 heterocycles. The van der Waals surface area contributed by atoms with Crippen LogP contribution >= 0.6 is 12.2 Å². The average molecular weight is 377 g/mol. The zero-order chi connectivity index (χ0) is 18.9. The van der Waals surface area contributed by atoms with Crippen molar-refractivity contribution in [3.63, 3.8) is 0 Å². The van der Waals surface area contributed by atoms with Crippen LogP contribution in [0.15, 0.2) is 84.9 Å². The quantitative estimate of drug-likeness (QED) is 0.577. The molecule has 27 heavy (non-hydrogen) atoms. The van der Waals surface area contributed by atoms with E-state index in [1.165, 1.54) is 11.1 Å². The van der Waals surface area contributed by atoms with Gasteiger partial charge in [-0.2, -0.15) is 0 Å². The summed E-state index contributed by atoms with van der Waals surface area (Å²) in [4.78, 5) is 2.21. The summed E-state index contributed by atoms with van der Waals surface area (Å²) in [6.07, 6.45) is 0.938. The molecule has 3 aromatic rings. The molecule has 3 rings (SSSR count). The first kappa shape index (κ1) is 18.9. The number of hydrogen-bond acceptors (Lipinski definition) is 2. The average Bonchev–Trinajstić information content (AvgIpc) is 2.72. The van der Waals surface area contributed by atoms with Crippen LogP contribution in [-0.4, -0.2) is 23.7 Å². The van der Waals surface area contributed by atoms with Crippen molar-refractivity contribution < 1.29 is 4.74 Å². The Balaban J connectivity index is 1.71. The van der Waals surface area contributed by atoms with E-state index in [9.17, 15) is 0 Å². The Hall–Kier alpha value is -2.85. The molecule has 0 saturated heterocycles. The number of nitrogens with zero attached hydrogens (tertiary/aromatic N) is 1. The molecule has 0 aliphatic carbocycles. The predicted octanol–water partition coefficient (Wildman–Crippen LogP) is 5.14. The minimum absolute atomic E-state index is 0.711. The normalized spacial score (nSPS) is 10.3. The van der Waals surface area contributed by atoms with Gasteiger partial charge in [0, 0.05) is 24.8 Å². The summed E-state index contributed by atoms with van der Waals surface area (Å²) in [5.74, 6) is 0.807. The number of benzene rings is 3. The van der Waals surface area contributed by atoms with Crippen LogP contribution in [0.3, 0.4) is 0 Å². The largest absolute Gasteiger partial charge is 0.497 e. The molecule has 0 aliphatic rings. The molecule has 0 bridgehead atoms. The first-order valence-electron chi connectivity index (χ1n) is 9.02. The van der Waals surface area contributed by atoms with Crippen LogP contribution in [0, 0.1) is 0 Å². The zero-order valence-corrected chi connectivity index (χ0v) is 16.3. The molecule has 0 aromatic heterocycles. The van der Waals surface area contributed by atoms with Crippen molar-refractivity contribution in [3.05, 3.63) is 96.1 Å². The number of ether oxygens (including phenoxy) is 1. The van der Waals surface area contributed by atoms with Gasteiger partial charge in [0.25, 0.3) is 0 Å². The second-order valence-corrected chi connectivity index (χ2v) is 6.69. The Morgan fingerprint density at radius 3 is 2.22 bits per heavy atom. The minimum Gasteiger partial charge on any atom is -0.497 e. The summed E-state index contributed by atoms with van der Waals surface area (Å²) in [5, 5.41) is 4.06. The first-order chi connectivity index (χ1) is 13.2. The van der Waals surface area contributed by atoms with E-state index in [4.69, 9.17) is 17.0 Å². The van der Waals surface area contributed by atoms with Gasteiger partial charge in [-0.05, 0) is 41.9 Å². The first-order valence-corrected chi connectivity index (χ1v) is 9.43. The highest BCUT2D eigenvalue weighted by molar-refractivity contribution is 7.80. The van der Waals surface area contributed by atoms with E-state index in [1.54, 1.807) is 7.11 Å². The summed E-state index contributed by atoms with van der Waals surface area (Å²) in [5.41, 5.74) is 3.47. The molecule has 0 atom stereocenters. The maximum Gasteiger partial charge on any atom is 0.173 e. The van der Waals surface area contributed by atoms with E-state index in [-0.39, 0.29) is 0 Å². The lowest BCUT2D eigenvalue weighted by molar-refractivity contribution is 0.414. The third-order valence-electron chi connectivity index (χ3n) is 4.34. The van der Waals surface area contributed by atoms with Gasteiger partial charge < -0.3 is 15.0 Å². The van der Waals surface area contributed by atoms with Crippen LogP contribution in [0.25, 0.3) is 0 Å². The molecule has 0 saturated carbocycles. The number of thiocarbonyl (C=S) groups is 1. The van der Waals surface area contributed by atoms with Gasteiger partial charge >= 0.3 is 0 Å². The third kappa shape index (κ3) is 5.83. The summed E-state index contributed by atoms with van der Waals surface area (Å²) in [6.45, 7) is 1.61. The highest BCUT2D eigenvalue weighted by Gasteiger charge is 2.11. The highest BCUT2D eigenvalue weighted by Crippen LogP contribution is 2.18. The van der Waals surface area contributed by atoms with E-state index >= 15 is 0 Å². The molecule has 4 heteroatoms. The van der Waals surface area contributed by atoms with Crippen molar-refractivity contribution in [2.45, 2.75) is 13.0 Å². The maximum atomic E-state index is 5.73. The van der Waals surface area contributed by atoms with Crippen LogP contribution in [0.1, 0.15) is 11.1 Å². The molecule has 0 fully saturated rings. The number of hydrogen-bond donors (Lipinski definition) is 1. The van der Waals surface area contributed by atoms with Crippen molar-refractivity contribution in [2.75, 3.05) is 19.0 Å². The summed E-state index contributed by atoms with van der Waals surface area (Å²) < 4.78 is 5.30. The van der Waals surface area contributed by atoms with Crippen molar-refractivity contribution in [3.8, 4) is 5.75 Å². The number of anilines is 1. The molecule has 0 aliphatic heterocycles. The SMILES string of the molecule is COc1cccc(NC(=S)N(CCc2ccccc2)Cc2ccccc2)c1. The van der Waals surface area contributed by atoms with Gasteiger partial charge in [0.1, 0.15) is 5.75 Å². The standard InChI is InChI=1S/C23H24N2OS/c1-26-22-14-8-13-21(17-22)24-23(27)25(18-20-11-6-3-7-12-20)16-15-19-9-4-2-5-10-19/h2-14,17H,15-16,18H2,1H3,(H,24,27). The fourth-order valence-electron chi connectivity index (χ4n) is 2.87. The van der Waals surface area contributed by atoms with Gasteiger partial charge in [-0.15, -0.1) is 0 Å². The lowest BCUT2D eigenvalue weighted by Gasteiger charge is -2.26. The van der Waals surface area contributed by atoms with Gasteiger partial charge in [0.15, 0.2) is 5.11 Å². The summed E-state index contributed by atoms with van der Waals surface area (Å²) in [6, 6.07) is 28.7. The number of rotatable bonds is 7. The Labute approximate surface area is 166 Å². The summed E-state index contributed by atoms with van der Waals surface area (Å²) >= 11 is 5.73. The van der Waals surface area contributed by atoms with Gasteiger partial charge in [0.2, 0.25) is 0 Å². The Morgan fingerprint density at radius 2 is 1.56 bits per heavy atom. The van der Waals surface area contributed by atoms with E-state index in [0.29, 0.717) is 5.11 Å². The van der Waals surface area contributed by atoms with Crippen molar-refractivity contribution in [2.24, 2.45) is 0 Å². The topological polar surface area (TPSA) is 24.5 Å². The van der Waals surface area contributed by atoms with Crippen LogP contribution in [0.2, 0.25) is 0 Å². The zero-order valence-electron chi connectivity index (χ0n) is 15.5. The Kier molecular flexibility index (Phi) is 6.83.